The van der Waals surface area contributed by atoms with Crippen molar-refractivity contribution in [2.24, 2.45) is 0 Å². The third-order valence-electron chi connectivity index (χ3n) is 11.6. The molecule has 3 fully saturated rings. The van der Waals surface area contributed by atoms with Crippen molar-refractivity contribution in [3.05, 3.63) is 88.6 Å². The van der Waals surface area contributed by atoms with Gasteiger partial charge in [-0.1, -0.05) is 49.9 Å². The number of halogens is 1. The number of hydrogen-bond acceptors (Lipinski definition) is 11. The maximum atomic E-state index is 13.1. The van der Waals surface area contributed by atoms with Crippen molar-refractivity contribution in [2.45, 2.75) is 50.9 Å². The number of carbonyl (C=O) groups is 3. The summed E-state index contributed by atoms with van der Waals surface area (Å²) in [7, 11) is 1.36. The first-order chi connectivity index (χ1) is 27.6. The van der Waals surface area contributed by atoms with Crippen LogP contribution in [0.4, 0.5) is 28.8 Å². The molecule has 3 saturated heterocycles. The second-order valence-electron chi connectivity index (χ2n) is 15.4. The molecule has 1 unspecified atom stereocenters. The third-order valence-corrected chi connectivity index (χ3v) is 13.2. The second-order valence-corrected chi connectivity index (χ2v) is 18.0. The Bertz CT molecular complexity index is 2160. The van der Waals surface area contributed by atoms with Gasteiger partial charge in [-0.25, -0.2) is 4.98 Å². The number of rotatable bonds is 11. The van der Waals surface area contributed by atoms with Crippen LogP contribution in [0.1, 0.15) is 47.2 Å². The number of piperidine rings is 2. The Morgan fingerprint density at radius 3 is 2.46 bits per heavy atom. The van der Waals surface area contributed by atoms with Crippen molar-refractivity contribution >= 4 is 71.4 Å². The molecule has 5 heterocycles. The van der Waals surface area contributed by atoms with Crippen molar-refractivity contribution in [3.63, 3.8) is 0 Å². The smallest absolute Gasteiger partial charge is 0.255 e. The molecule has 8 rings (SSSR count). The number of carbonyl (C=O) groups excluding carboxylic acids is 3. The van der Waals surface area contributed by atoms with E-state index in [0.29, 0.717) is 47.1 Å². The zero-order valence-electron chi connectivity index (χ0n) is 32.6. The number of hydrogen-bond donors (Lipinski definition) is 3. The van der Waals surface area contributed by atoms with Gasteiger partial charge in [0, 0.05) is 74.7 Å². The van der Waals surface area contributed by atoms with Gasteiger partial charge in [0.05, 0.1) is 19.0 Å². The number of likely N-dealkylation sites (tertiary alicyclic amines) is 1. The van der Waals surface area contributed by atoms with Crippen molar-refractivity contribution in [2.75, 3.05) is 75.2 Å². The van der Waals surface area contributed by atoms with E-state index in [0.717, 1.165) is 81.3 Å². The van der Waals surface area contributed by atoms with E-state index in [-0.39, 0.29) is 32.1 Å². The molecule has 3 amide bonds. The maximum absolute atomic E-state index is 13.1. The fourth-order valence-corrected chi connectivity index (χ4v) is 9.62. The number of ether oxygens (including phenoxy) is 1. The van der Waals surface area contributed by atoms with Crippen LogP contribution in [0.15, 0.2) is 66.9 Å². The van der Waals surface area contributed by atoms with Crippen molar-refractivity contribution in [1.82, 2.24) is 30.0 Å². The number of imide groups is 1. The normalized spacial score (nSPS) is 19.5. The first-order valence-corrected chi connectivity index (χ1v) is 22.2. The predicted octanol–water partition coefficient (Wildman–Crippen LogP) is 5.54. The third kappa shape index (κ3) is 8.57. The first-order valence-electron chi connectivity index (χ1n) is 19.6. The predicted molar refractivity (Wildman–Crippen MR) is 226 cm³/mol. The number of nitrogens with zero attached hydrogens (tertiary/aromatic N) is 6. The lowest BCUT2D eigenvalue weighted by Gasteiger charge is -2.43. The standard InChI is InChI=1S/C42H49ClN9O4P/c1-56-36-23-30(9-11-33(36)46-42-44-24-32(43)39(48-42)45-34-6-4-5-7-37(34)57(2)3)51-20-18-50(19-21-51)29-14-16-49(17-15-29)25-27-8-10-31-28(22-27)26-52(41(31)55)35-12-13-38(53)47-40(35)54/h4-11,22-24,29,35H,12-21,25-26H2,1-3H3,(H,47,53,54)(H2,44,45,46,48). The largest absolute Gasteiger partial charge is 0.494 e. The lowest BCUT2D eigenvalue weighted by atomic mass is 10.0. The van der Waals surface area contributed by atoms with Crippen molar-refractivity contribution < 1.29 is 19.1 Å². The van der Waals surface area contributed by atoms with E-state index in [1.807, 2.05) is 36.4 Å². The summed E-state index contributed by atoms with van der Waals surface area (Å²) in [6.07, 6.45) is 4.48. The number of piperazine rings is 1. The Labute approximate surface area is 339 Å². The Kier molecular flexibility index (Phi) is 11.6. The fourth-order valence-electron chi connectivity index (χ4n) is 8.48. The van der Waals surface area contributed by atoms with Crippen LogP contribution < -0.4 is 30.9 Å². The average Bonchev–Trinajstić information content (AvgIpc) is 3.54. The molecule has 298 valence electrons. The SMILES string of the molecule is COc1cc(N2CCN(C3CCN(Cc4ccc5c(c4)CN(C4CCC(=O)NC4=O)C5=O)CC3)CC2)ccc1Nc1ncc(Cl)c(Nc2ccccc2P(C)C)n1. The molecule has 15 heteroatoms. The molecule has 13 nitrogen and oxygen atoms in total. The number of fused-ring (bicyclic) bond motifs is 1. The van der Waals surface area contributed by atoms with Gasteiger partial charge in [0.2, 0.25) is 17.8 Å². The van der Waals surface area contributed by atoms with E-state index in [4.69, 9.17) is 21.3 Å². The van der Waals surface area contributed by atoms with Gasteiger partial charge < -0.3 is 25.2 Å². The first kappa shape index (κ1) is 39.0. The topological polar surface area (TPSA) is 135 Å². The summed E-state index contributed by atoms with van der Waals surface area (Å²) in [4.78, 5) is 55.5. The molecule has 1 atom stereocenters. The van der Waals surface area contributed by atoms with Gasteiger partial charge in [0.25, 0.3) is 5.91 Å². The molecule has 57 heavy (non-hydrogen) atoms. The summed E-state index contributed by atoms with van der Waals surface area (Å²) < 4.78 is 5.83. The van der Waals surface area contributed by atoms with Gasteiger partial charge in [-0.3, -0.25) is 29.5 Å². The maximum Gasteiger partial charge on any atom is 0.255 e. The van der Waals surface area contributed by atoms with Crippen LogP contribution >= 0.6 is 19.5 Å². The van der Waals surface area contributed by atoms with E-state index in [1.165, 1.54) is 10.9 Å². The summed E-state index contributed by atoms with van der Waals surface area (Å²) in [6, 6.07) is 20.5. The van der Waals surface area contributed by atoms with Gasteiger partial charge in [-0.15, -0.1) is 0 Å². The van der Waals surface area contributed by atoms with Gasteiger partial charge in [-0.2, -0.15) is 4.98 Å². The highest BCUT2D eigenvalue weighted by atomic mass is 35.5. The molecular formula is C42H49ClN9O4P. The second kappa shape index (κ2) is 17.0. The zero-order valence-corrected chi connectivity index (χ0v) is 34.3. The van der Waals surface area contributed by atoms with Crippen molar-refractivity contribution in [3.8, 4) is 5.75 Å². The van der Waals surface area contributed by atoms with Gasteiger partial charge in [-0.05, 0) is 86.4 Å². The molecule has 4 aliphatic rings. The molecular weight excluding hydrogens is 761 g/mol. The van der Waals surface area contributed by atoms with E-state index in [1.54, 1.807) is 18.2 Å². The molecule has 0 spiro atoms. The van der Waals surface area contributed by atoms with Crippen LogP contribution in [0, 0.1) is 0 Å². The number of nitrogens with one attached hydrogen (secondary N) is 3. The summed E-state index contributed by atoms with van der Waals surface area (Å²) in [5, 5.41) is 10.8. The number of para-hydroxylation sites is 1. The number of anilines is 5. The molecule has 4 aliphatic heterocycles. The molecule has 0 saturated carbocycles. The average molecular weight is 810 g/mol. The highest BCUT2D eigenvalue weighted by Gasteiger charge is 2.39. The summed E-state index contributed by atoms with van der Waals surface area (Å²) in [5.74, 6) is 0.892. The minimum absolute atomic E-state index is 0.128. The van der Waals surface area contributed by atoms with Crippen LogP contribution in [0.25, 0.3) is 0 Å². The Morgan fingerprint density at radius 1 is 0.912 bits per heavy atom. The Morgan fingerprint density at radius 2 is 1.70 bits per heavy atom. The molecule has 3 aromatic carbocycles. The van der Waals surface area contributed by atoms with Crippen LogP contribution in [0.3, 0.4) is 0 Å². The molecule has 0 radical (unpaired) electrons. The van der Waals surface area contributed by atoms with Crippen molar-refractivity contribution in [1.29, 1.82) is 0 Å². The molecule has 3 N–H and O–H groups in total. The number of amides is 3. The highest BCUT2D eigenvalue weighted by Crippen LogP contribution is 2.35. The quantitative estimate of drug-likeness (QED) is 0.130. The van der Waals surface area contributed by atoms with E-state index < -0.39 is 6.04 Å². The lowest BCUT2D eigenvalue weighted by Crippen LogP contribution is -2.53. The number of methoxy groups -OCH3 is 1. The van der Waals surface area contributed by atoms with Gasteiger partial charge in [0.1, 0.15) is 16.8 Å². The monoisotopic (exact) mass is 809 g/mol. The highest BCUT2D eigenvalue weighted by molar-refractivity contribution is 7.64. The molecule has 0 bridgehead atoms. The van der Waals surface area contributed by atoms with E-state index in [9.17, 15) is 14.4 Å². The van der Waals surface area contributed by atoms with Crippen LogP contribution in [0.5, 0.6) is 5.75 Å². The lowest BCUT2D eigenvalue weighted by molar-refractivity contribution is -0.136. The zero-order chi connectivity index (χ0) is 39.6. The molecule has 4 aromatic rings. The summed E-state index contributed by atoms with van der Waals surface area (Å²) in [6.45, 7) is 11.6. The summed E-state index contributed by atoms with van der Waals surface area (Å²) >= 11 is 6.52. The van der Waals surface area contributed by atoms with Crippen LogP contribution in [-0.4, -0.2) is 114 Å². The molecule has 0 aliphatic carbocycles. The molecule has 1 aromatic heterocycles. The number of benzene rings is 3. The van der Waals surface area contributed by atoms with Gasteiger partial charge in [0.15, 0.2) is 5.82 Å². The fraction of sp³-hybridized carbons (Fsp3) is 0.405. The Hall–Kier alpha value is -4.81. The van der Waals surface area contributed by atoms with Crippen LogP contribution in [0.2, 0.25) is 5.02 Å². The minimum Gasteiger partial charge on any atom is -0.494 e. The van der Waals surface area contributed by atoms with Crippen LogP contribution in [-0.2, 0) is 22.7 Å². The minimum atomic E-state index is -0.592. The summed E-state index contributed by atoms with van der Waals surface area (Å²) in [5.41, 5.74) is 5.68. The number of aromatic nitrogens is 2. The van der Waals surface area contributed by atoms with E-state index >= 15 is 0 Å². The van der Waals surface area contributed by atoms with Gasteiger partial charge >= 0.3 is 0 Å². The Balaban J connectivity index is 0.822. The van der Waals surface area contributed by atoms with E-state index in [2.05, 4.69) is 73.2 Å².